The Labute approximate surface area is 131 Å². The molecule has 0 amide bonds. The van der Waals surface area contributed by atoms with E-state index in [1.165, 1.54) is 7.11 Å². The van der Waals surface area contributed by atoms with Gasteiger partial charge in [0.05, 0.1) is 12.7 Å². The van der Waals surface area contributed by atoms with Gasteiger partial charge in [-0.15, -0.1) is 0 Å². The van der Waals surface area contributed by atoms with Crippen molar-refractivity contribution in [3.8, 4) is 0 Å². The molecular formula is C18H22O4. The average molecular weight is 302 g/mol. The zero-order valence-corrected chi connectivity index (χ0v) is 13.2. The highest BCUT2D eigenvalue weighted by Crippen LogP contribution is 2.12. The first kappa shape index (κ1) is 17.8. The van der Waals surface area contributed by atoms with E-state index < -0.39 is 5.97 Å². The number of ketones is 2. The van der Waals surface area contributed by atoms with Gasteiger partial charge in [-0.25, -0.2) is 4.79 Å². The molecule has 1 aromatic rings. The first-order valence-electron chi connectivity index (χ1n) is 7.36. The number of hydrogen-bond donors (Lipinski definition) is 0. The van der Waals surface area contributed by atoms with Crippen LogP contribution in [0.15, 0.2) is 36.4 Å². The van der Waals surface area contributed by atoms with Gasteiger partial charge in [0.15, 0.2) is 11.6 Å². The van der Waals surface area contributed by atoms with Crippen LogP contribution in [0.3, 0.4) is 0 Å². The summed E-state index contributed by atoms with van der Waals surface area (Å²) in [6.07, 6.45) is 3.31. The van der Waals surface area contributed by atoms with Crippen LogP contribution in [-0.2, 0) is 9.53 Å². The lowest BCUT2D eigenvalue weighted by atomic mass is 10.0. The maximum Gasteiger partial charge on any atom is 0.337 e. The van der Waals surface area contributed by atoms with E-state index in [9.17, 15) is 14.4 Å². The van der Waals surface area contributed by atoms with Gasteiger partial charge in [0.1, 0.15) is 0 Å². The molecule has 0 saturated heterocycles. The number of carbonyl (C=O) groups is 3. The molecule has 0 fully saturated rings. The monoisotopic (exact) mass is 302 g/mol. The summed E-state index contributed by atoms with van der Waals surface area (Å²) >= 11 is 0. The van der Waals surface area contributed by atoms with Crippen molar-refractivity contribution in [3.63, 3.8) is 0 Å². The topological polar surface area (TPSA) is 60.4 Å². The van der Waals surface area contributed by atoms with E-state index in [4.69, 9.17) is 0 Å². The number of benzene rings is 1. The van der Waals surface area contributed by atoms with E-state index in [0.29, 0.717) is 29.5 Å². The number of allylic oxidation sites excluding steroid dienone is 1. The van der Waals surface area contributed by atoms with Crippen LogP contribution in [0.5, 0.6) is 0 Å². The molecule has 0 aliphatic heterocycles. The molecule has 0 bridgehead atoms. The number of ether oxygens (including phenoxy) is 1. The van der Waals surface area contributed by atoms with Crippen molar-refractivity contribution in [1.82, 2.24) is 0 Å². The minimum absolute atomic E-state index is 0.0441. The smallest absolute Gasteiger partial charge is 0.337 e. The van der Waals surface area contributed by atoms with E-state index in [-0.39, 0.29) is 11.6 Å². The minimum atomic E-state index is -0.416. The van der Waals surface area contributed by atoms with Gasteiger partial charge in [0.25, 0.3) is 0 Å². The zero-order valence-electron chi connectivity index (χ0n) is 13.2. The average Bonchev–Trinajstić information content (AvgIpc) is 2.53. The molecule has 118 valence electrons. The van der Waals surface area contributed by atoms with E-state index in [0.717, 1.165) is 19.3 Å². The molecular weight excluding hydrogens is 280 g/mol. The number of rotatable bonds is 9. The molecule has 0 aromatic heterocycles. The van der Waals surface area contributed by atoms with Gasteiger partial charge < -0.3 is 4.74 Å². The lowest BCUT2D eigenvalue weighted by Gasteiger charge is -2.03. The molecule has 0 aliphatic carbocycles. The second kappa shape index (κ2) is 8.93. The van der Waals surface area contributed by atoms with E-state index in [1.807, 2.05) is 0 Å². The van der Waals surface area contributed by atoms with Gasteiger partial charge in [0, 0.05) is 18.4 Å². The summed E-state index contributed by atoms with van der Waals surface area (Å²) in [5.74, 6) is -0.284. The summed E-state index contributed by atoms with van der Waals surface area (Å²) < 4.78 is 4.61. The molecule has 0 unspecified atom stereocenters. The van der Waals surface area contributed by atoms with Crippen molar-refractivity contribution in [2.75, 3.05) is 7.11 Å². The van der Waals surface area contributed by atoms with Crippen LogP contribution in [0.25, 0.3) is 0 Å². The van der Waals surface area contributed by atoms with Gasteiger partial charge in [0.2, 0.25) is 0 Å². The predicted octanol–water partition coefficient (Wildman–Crippen LogP) is 3.75. The number of hydrogen-bond acceptors (Lipinski definition) is 4. The minimum Gasteiger partial charge on any atom is -0.465 e. The highest BCUT2D eigenvalue weighted by molar-refractivity contribution is 5.97. The maximum atomic E-state index is 12.0. The van der Waals surface area contributed by atoms with Gasteiger partial charge in [-0.3, -0.25) is 9.59 Å². The van der Waals surface area contributed by atoms with Crippen LogP contribution in [0, 0.1) is 0 Å². The second-order valence-corrected chi connectivity index (χ2v) is 5.26. The van der Waals surface area contributed by atoms with Gasteiger partial charge in [-0.05, 0) is 37.5 Å². The Kier molecular flexibility index (Phi) is 7.23. The summed E-state index contributed by atoms with van der Waals surface area (Å²) in [5.41, 5.74) is 1.60. The largest absolute Gasteiger partial charge is 0.465 e. The molecule has 0 heterocycles. The molecule has 0 atom stereocenters. The second-order valence-electron chi connectivity index (χ2n) is 5.26. The predicted molar refractivity (Wildman–Crippen MR) is 85.0 cm³/mol. The first-order valence-corrected chi connectivity index (χ1v) is 7.36. The third-order valence-corrected chi connectivity index (χ3v) is 3.41. The molecule has 22 heavy (non-hydrogen) atoms. The zero-order chi connectivity index (χ0) is 16.5. The molecule has 4 nitrogen and oxygen atoms in total. The first-order chi connectivity index (χ1) is 10.5. The summed E-state index contributed by atoms with van der Waals surface area (Å²) in [5, 5.41) is 0. The summed E-state index contributed by atoms with van der Waals surface area (Å²) in [6.45, 7) is 5.32. The quantitative estimate of drug-likeness (QED) is 0.302. The lowest BCUT2D eigenvalue weighted by molar-refractivity contribution is -0.115. The number of Topliss-reactive ketones (excluding diaryl/α,β-unsaturated/α-hetero) is 2. The third-order valence-electron chi connectivity index (χ3n) is 3.41. The molecule has 0 radical (unpaired) electrons. The number of methoxy groups -OCH3 is 1. The number of esters is 1. The van der Waals surface area contributed by atoms with Gasteiger partial charge in [-0.2, -0.15) is 0 Å². The Morgan fingerprint density at radius 2 is 1.50 bits per heavy atom. The van der Waals surface area contributed by atoms with Crippen molar-refractivity contribution in [2.45, 2.75) is 39.0 Å². The summed E-state index contributed by atoms with van der Waals surface area (Å²) in [7, 11) is 1.32. The van der Waals surface area contributed by atoms with Crippen LogP contribution in [0.4, 0.5) is 0 Å². The molecule has 4 heteroatoms. The van der Waals surface area contributed by atoms with Crippen molar-refractivity contribution in [1.29, 1.82) is 0 Å². The molecule has 0 saturated carbocycles. The lowest BCUT2D eigenvalue weighted by Crippen LogP contribution is -2.03. The fraction of sp³-hybridized carbons (Fsp3) is 0.389. The highest BCUT2D eigenvalue weighted by Gasteiger charge is 2.09. The van der Waals surface area contributed by atoms with Gasteiger partial charge in [-0.1, -0.05) is 25.1 Å². The molecule has 0 aliphatic rings. The molecule has 1 rings (SSSR count). The van der Waals surface area contributed by atoms with E-state index in [1.54, 1.807) is 31.2 Å². The van der Waals surface area contributed by atoms with Crippen LogP contribution in [-0.4, -0.2) is 24.6 Å². The van der Waals surface area contributed by atoms with E-state index in [2.05, 4.69) is 11.3 Å². The highest BCUT2D eigenvalue weighted by atomic mass is 16.5. The summed E-state index contributed by atoms with van der Waals surface area (Å²) in [6, 6.07) is 6.45. The van der Waals surface area contributed by atoms with Crippen LogP contribution in [0.2, 0.25) is 0 Å². The van der Waals surface area contributed by atoms with Crippen molar-refractivity contribution < 1.29 is 19.1 Å². The van der Waals surface area contributed by atoms with Crippen LogP contribution >= 0.6 is 0 Å². The van der Waals surface area contributed by atoms with E-state index >= 15 is 0 Å². The SMILES string of the molecule is C=C(C)C(=O)CCCCCC(=O)c1ccc(C(=O)OC)cc1. The fourth-order valence-electron chi connectivity index (χ4n) is 2.02. The number of unbranched alkanes of at least 4 members (excludes halogenated alkanes) is 2. The van der Waals surface area contributed by atoms with Crippen molar-refractivity contribution in [2.24, 2.45) is 0 Å². The standard InChI is InChI=1S/C18H22O4/c1-13(2)16(19)7-5-4-6-8-17(20)14-9-11-15(12-10-14)18(21)22-3/h9-12H,1,4-8H2,2-3H3. The third kappa shape index (κ3) is 5.64. The summed E-state index contributed by atoms with van der Waals surface area (Å²) in [4.78, 5) is 34.7. The molecule has 1 aromatic carbocycles. The maximum absolute atomic E-state index is 12.0. The Morgan fingerprint density at radius 3 is 2.05 bits per heavy atom. The fourth-order valence-corrected chi connectivity index (χ4v) is 2.02. The van der Waals surface area contributed by atoms with Gasteiger partial charge >= 0.3 is 5.97 Å². The Balaban J connectivity index is 2.35. The Hall–Kier alpha value is -2.23. The van der Waals surface area contributed by atoms with Crippen LogP contribution < -0.4 is 0 Å². The number of carbonyl (C=O) groups excluding carboxylic acids is 3. The normalized spacial score (nSPS) is 10.1. The molecule has 0 spiro atoms. The Bertz CT molecular complexity index is 555. The molecule has 0 N–H and O–H groups in total. The van der Waals surface area contributed by atoms with Crippen molar-refractivity contribution >= 4 is 17.5 Å². The van der Waals surface area contributed by atoms with Crippen LogP contribution in [0.1, 0.15) is 59.7 Å². The van der Waals surface area contributed by atoms with Crippen molar-refractivity contribution in [3.05, 3.63) is 47.5 Å². The Morgan fingerprint density at radius 1 is 0.955 bits per heavy atom.